The van der Waals surface area contributed by atoms with Gasteiger partial charge in [-0.1, -0.05) is 101 Å². The van der Waals surface area contributed by atoms with Gasteiger partial charge in [-0.2, -0.15) is 0 Å². The molecule has 4 aromatic rings. The number of amides is 2. The summed E-state index contributed by atoms with van der Waals surface area (Å²) < 4.78 is 23.6. The summed E-state index contributed by atoms with van der Waals surface area (Å²) in [5.74, 6) is 2.51. The lowest BCUT2D eigenvalue weighted by molar-refractivity contribution is -0.136. The van der Waals surface area contributed by atoms with Crippen LogP contribution in [-0.4, -0.2) is 61.1 Å². The van der Waals surface area contributed by atoms with Crippen LogP contribution >= 0.6 is 22.7 Å². The van der Waals surface area contributed by atoms with Crippen molar-refractivity contribution < 1.29 is 28.5 Å². The molecular formula is C42H48N2O6S2. The molecule has 2 aromatic carbocycles. The predicted octanol–water partition coefficient (Wildman–Crippen LogP) is 9.55. The van der Waals surface area contributed by atoms with E-state index < -0.39 is 11.8 Å². The van der Waals surface area contributed by atoms with Crippen molar-refractivity contribution in [3.63, 3.8) is 0 Å². The van der Waals surface area contributed by atoms with Crippen molar-refractivity contribution in [2.75, 3.05) is 39.5 Å². The van der Waals surface area contributed by atoms with Gasteiger partial charge in [0.05, 0.1) is 33.7 Å². The molecule has 0 aliphatic carbocycles. The van der Waals surface area contributed by atoms with Gasteiger partial charge in [0.25, 0.3) is 0 Å². The Hall–Kier alpha value is -4.02. The normalized spacial score (nSPS) is 22.0. The third-order valence-corrected chi connectivity index (χ3v) is 13.0. The molecule has 10 heteroatoms. The zero-order valence-electron chi connectivity index (χ0n) is 30.1. The number of rotatable bonds is 14. The van der Waals surface area contributed by atoms with E-state index in [0.717, 1.165) is 106 Å². The number of carbonyl (C=O) groups is 2. The molecule has 0 bridgehead atoms. The minimum atomic E-state index is -0.443. The van der Waals surface area contributed by atoms with E-state index in [9.17, 15) is 9.59 Å². The van der Waals surface area contributed by atoms with Gasteiger partial charge in [0.1, 0.15) is 26.4 Å². The van der Waals surface area contributed by atoms with Crippen LogP contribution in [0.2, 0.25) is 0 Å². The third kappa shape index (κ3) is 6.46. The topological polar surface area (TPSA) is 77.5 Å². The summed E-state index contributed by atoms with van der Waals surface area (Å²) in [5, 5.41) is 4.01. The zero-order chi connectivity index (χ0) is 35.6. The molecule has 0 radical (unpaired) electrons. The Balaban J connectivity index is 1.13. The molecule has 2 amide bonds. The van der Waals surface area contributed by atoms with Crippen LogP contribution in [0, 0.1) is 11.8 Å². The van der Waals surface area contributed by atoms with E-state index in [1.54, 1.807) is 22.7 Å². The summed E-state index contributed by atoms with van der Waals surface area (Å²) in [6, 6.07) is 16.3. The van der Waals surface area contributed by atoms with E-state index in [1.807, 2.05) is 20.6 Å². The Morgan fingerprint density at radius 2 is 0.962 bits per heavy atom. The molecule has 8 rings (SSSR count). The Morgan fingerprint density at radius 3 is 1.37 bits per heavy atom. The van der Waals surface area contributed by atoms with Crippen LogP contribution in [0.1, 0.15) is 88.4 Å². The number of hydrogen-bond acceptors (Lipinski definition) is 8. The van der Waals surface area contributed by atoms with E-state index in [0.29, 0.717) is 39.5 Å². The average molecular weight is 741 g/mol. The fourth-order valence-electron chi connectivity index (χ4n) is 8.49. The van der Waals surface area contributed by atoms with Crippen molar-refractivity contribution in [2.24, 2.45) is 11.8 Å². The molecule has 0 saturated carbocycles. The van der Waals surface area contributed by atoms with Crippen LogP contribution < -0.4 is 18.9 Å². The molecule has 274 valence electrons. The Kier molecular flexibility index (Phi) is 10.5. The highest BCUT2D eigenvalue weighted by atomic mass is 32.1. The number of carbonyl (C=O) groups excluding carboxylic acids is 2. The first-order valence-corrected chi connectivity index (χ1v) is 20.9. The van der Waals surface area contributed by atoms with Crippen molar-refractivity contribution in [3.8, 4) is 43.9 Å². The predicted molar refractivity (Wildman–Crippen MR) is 206 cm³/mol. The van der Waals surface area contributed by atoms with E-state index in [-0.39, 0.29) is 23.9 Å². The Morgan fingerprint density at radius 1 is 0.558 bits per heavy atom. The standard InChI is InChI=1S/C42H48N2O6S2/c1-3-5-7-9-19-43-35(27-11-15-29(16-12-27)39-37-31(25-51-39)47-21-23-49-37)33-34(41(43)45)36(44(42(33)46)20-10-8-6-4-2)28-13-17-30(18-14-28)40-38-32(26-52-40)48-22-24-50-38/h11-18,25-26,33-36H,3-10,19-24H2,1-2H3. The molecule has 2 fully saturated rings. The van der Waals surface area contributed by atoms with E-state index in [2.05, 4.69) is 62.4 Å². The van der Waals surface area contributed by atoms with Crippen LogP contribution in [0.15, 0.2) is 59.3 Å². The van der Waals surface area contributed by atoms with E-state index >= 15 is 0 Å². The number of hydrogen-bond donors (Lipinski definition) is 0. The molecule has 4 atom stereocenters. The molecule has 4 unspecified atom stereocenters. The second-order valence-corrected chi connectivity index (χ2v) is 16.0. The molecule has 2 aromatic heterocycles. The van der Waals surface area contributed by atoms with E-state index in [1.165, 1.54) is 0 Å². The summed E-state index contributed by atoms with van der Waals surface area (Å²) in [5.41, 5.74) is 4.13. The monoisotopic (exact) mass is 740 g/mol. The molecule has 52 heavy (non-hydrogen) atoms. The second kappa shape index (κ2) is 15.5. The number of benzene rings is 2. The zero-order valence-corrected chi connectivity index (χ0v) is 31.8. The van der Waals surface area contributed by atoms with Crippen molar-refractivity contribution in [1.82, 2.24) is 9.80 Å². The first-order valence-electron chi connectivity index (χ1n) is 19.1. The molecule has 0 N–H and O–H groups in total. The number of fused-ring (bicyclic) bond motifs is 3. The summed E-state index contributed by atoms with van der Waals surface area (Å²) in [4.78, 5) is 35.8. The van der Waals surface area contributed by atoms with Crippen LogP contribution in [0.3, 0.4) is 0 Å². The summed E-state index contributed by atoms with van der Waals surface area (Å²) in [6.45, 7) is 7.91. The lowest BCUT2D eigenvalue weighted by Gasteiger charge is -2.32. The van der Waals surface area contributed by atoms with Gasteiger partial charge < -0.3 is 28.7 Å². The van der Waals surface area contributed by atoms with Gasteiger partial charge in [-0.05, 0) is 35.1 Å². The highest BCUT2D eigenvalue weighted by molar-refractivity contribution is 7.14. The third-order valence-electron chi connectivity index (χ3n) is 11.0. The molecule has 4 aliphatic heterocycles. The smallest absolute Gasteiger partial charge is 0.229 e. The average Bonchev–Trinajstić information content (AvgIpc) is 3.94. The summed E-state index contributed by atoms with van der Waals surface area (Å²) in [6.07, 6.45) is 8.51. The minimum Gasteiger partial charge on any atom is -0.485 e. The van der Waals surface area contributed by atoms with Gasteiger partial charge in [-0.3, -0.25) is 9.59 Å². The number of unbranched alkanes of at least 4 members (excludes halogenated alkanes) is 6. The lowest BCUT2D eigenvalue weighted by Crippen LogP contribution is -2.39. The van der Waals surface area contributed by atoms with Crippen LogP contribution in [-0.2, 0) is 9.59 Å². The number of ether oxygens (including phenoxy) is 4. The molecule has 6 heterocycles. The van der Waals surface area contributed by atoms with Crippen molar-refractivity contribution in [3.05, 3.63) is 70.4 Å². The highest BCUT2D eigenvalue weighted by Crippen LogP contribution is 2.55. The van der Waals surface area contributed by atoms with Crippen molar-refractivity contribution in [1.29, 1.82) is 0 Å². The second-order valence-electron chi connectivity index (χ2n) is 14.3. The van der Waals surface area contributed by atoms with Gasteiger partial charge in [-0.15, -0.1) is 22.7 Å². The Labute approximate surface area is 314 Å². The quantitative estimate of drug-likeness (QED) is 0.120. The van der Waals surface area contributed by atoms with Gasteiger partial charge in [0.2, 0.25) is 11.8 Å². The van der Waals surface area contributed by atoms with Crippen LogP contribution in [0.4, 0.5) is 0 Å². The van der Waals surface area contributed by atoms with Crippen LogP contribution in [0.5, 0.6) is 23.0 Å². The maximum atomic E-state index is 14.8. The van der Waals surface area contributed by atoms with Gasteiger partial charge in [0, 0.05) is 23.8 Å². The molecule has 2 saturated heterocycles. The fraction of sp³-hybridized carbons (Fsp3) is 0.476. The largest absolute Gasteiger partial charge is 0.485 e. The number of nitrogens with zero attached hydrogens (tertiary/aromatic N) is 2. The Bertz CT molecular complexity index is 1730. The lowest BCUT2D eigenvalue weighted by atomic mass is 9.83. The van der Waals surface area contributed by atoms with Gasteiger partial charge in [0.15, 0.2) is 23.0 Å². The first-order chi connectivity index (χ1) is 25.6. The van der Waals surface area contributed by atoms with Gasteiger partial charge >= 0.3 is 0 Å². The van der Waals surface area contributed by atoms with Crippen molar-refractivity contribution in [2.45, 2.75) is 77.3 Å². The van der Waals surface area contributed by atoms with E-state index in [4.69, 9.17) is 18.9 Å². The van der Waals surface area contributed by atoms with Crippen molar-refractivity contribution >= 4 is 34.5 Å². The summed E-state index contributed by atoms with van der Waals surface area (Å²) in [7, 11) is 0. The van der Waals surface area contributed by atoms with Crippen LogP contribution in [0.25, 0.3) is 20.9 Å². The summed E-state index contributed by atoms with van der Waals surface area (Å²) >= 11 is 3.23. The highest BCUT2D eigenvalue weighted by Gasteiger charge is 2.62. The SMILES string of the molecule is CCCCCCN1C(=O)C2C(C(=O)N(CCCCCC)C2c2ccc(-c3scc4c3OCCO4)cc2)C1c1ccc(-c2scc3c2OCCO3)cc1. The fourth-order valence-corrected chi connectivity index (χ4v) is 10.4. The maximum absolute atomic E-state index is 14.8. The molecule has 4 aliphatic rings. The maximum Gasteiger partial charge on any atom is 0.229 e. The number of likely N-dealkylation sites (tertiary alicyclic amines) is 2. The number of thiophene rings is 2. The molecule has 8 nitrogen and oxygen atoms in total. The first kappa shape index (κ1) is 35.0. The van der Waals surface area contributed by atoms with Gasteiger partial charge in [-0.25, -0.2) is 0 Å². The molecule has 0 spiro atoms. The molecular weight excluding hydrogens is 693 g/mol. The minimum absolute atomic E-state index is 0.102.